The molecule has 0 unspecified atom stereocenters. The third-order valence-electron chi connectivity index (χ3n) is 2.73. The topological polar surface area (TPSA) is 18.8 Å². The molecule has 1 heterocycles. The molecule has 0 bridgehead atoms. The minimum Gasteiger partial charge on any atom is -0.346 e. The van der Waals surface area contributed by atoms with E-state index >= 15 is 0 Å². The van der Waals surface area contributed by atoms with E-state index < -0.39 is 0 Å². The Morgan fingerprint density at radius 2 is 1.62 bits per heavy atom. The van der Waals surface area contributed by atoms with Crippen LogP contribution in [0, 0.1) is 0 Å². The predicted molar refractivity (Wildman–Crippen MR) is 68.4 cm³/mol. The van der Waals surface area contributed by atoms with Crippen molar-refractivity contribution in [3.8, 4) is 0 Å². The van der Waals surface area contributed by atoms with Crippen LogP contribution in [0.15, 0.2) is 29.3 Å². The van der Waals surface area contributed by atoms with Gasteiger partial charge in [0, 0.05) is 32.2 Å². The Morgan fingerprint density at radius 3 is 2.19 bits per heavy atom. The molecule has 0 radical (unpaired) electrons. The van der Waals surface area contributed by atoms with Gasteiger partial charge >= 0.3 is 0 Å². The fourth-order valence-electron chi connectivity index (χ4n) is 1.84. The molecular formula is C12H16ClN3. The molecule has 3 nitrogen and oxygen atoms in total. The lowest BCUT2D eigenvalue weighted by Crippen LogP contribution is -2.46. The van der Waals surface area contributed by atoms with E-state index in [2.05, 4.69) is 28.9 Å². The first-order valence-electron chi connectivity index (χ1n) is 5.43. The maximum Gasteiger partial charge on any atom is 0.201 e. The van der Waals surface area contributed by atoms with Crippen LogP contribution < -0.4 is 0 Å². The molecule has 0 aromatic heterocycles. The highest BCUT2D eigenvalue weighted by molar-refractivity contribution is 6.30. The third-order valence-corrected chi connectivity index (χ3v) is 2.98. The van der Waals surface area contributed by atoms with E-state index in [0.29, 0.717) is 0 Å². The number of hydrogen-bond donors (Lipinski definition) is 0. The molecule has 1 aliphatic rings. The van der Waals surface area contributed by atoms with Gasteiger partial charge in [0.2, 0.25) is 5.96 Å². The van der Waals surface area contributed by atoms with Gasteiger partial charge in [-0.15, -0.1) is 0 Å². The van der Waals surface area contributed by atoms with E-state index in [9.17, 15) is 0 Å². The van der Waals surface area contributed by atoms with Crippen LogP contribution in [0.4, 0.5) is 5.69 Å². The lowest BCUT2D eigenvalue weighted by Gasteiger charge is -2.34. The Bertz CT molecular complexity index is 374. The molecule has 1 saturated heterocycles. The second kappa shape index (κ2) is 4.74. The SMILES string of the molecule is CN1CCCN(C)C1=Nc1ccc(Cl)cc1. The average molecular weight is 238 g/mol. The van der Waals surface area contributed by atoms with E-state index in [4.69, 9.17) is 11.6 Å². The summed E-state index contributed by atoms with van der Waals surface area (Å²) in [6, 6.07) is 7.60. The molecule has 1 aliphatic heterocycles. The summed E-state index contributed by atoms with van der Waals surface area (Å²) in [7, 11) is 4.15. The average Bonchev–Trinajstić information content (AvgIpc) is 2.26. The number of aliphatic imine (C=N–C) groups is 1. The number of benzene rings is 1. The summed E-state index contributed by atoms with van der Waals surface area (Å²) in [5.41, 5.74) is 0.944. The summed E-state index contributed by atoms with van der Waals surface area (Å²) in [5.74, 6) is 1.02. The van der Waals surface area contributed by atoms with Crippen LogP contribution in [-0.4, -0.2) is 42.9 Å². The quantitative estimate of drug-likeness (QED) is 0.748. The first-order valence-corrected chi connectivity index (χ1v) is 5.81. The third kappa shape index (κ3) is 2.47. The van der Waals surface area contributed by atoms with Crippen LogP contribution in [0.1, 0.15) is 6.42 Å². The van der Waals surface area contributed by atoms with E-state index in [1.54, 1.807) is 0 Å². The van der Waals surface area contributed by atoms with E-state index in [-0.39, 0.29) is 0 Å². The van der Waals surface area contributed by atoms with Gasteiger partial charge in [0.25, 0.3) is 0 Å². The van der Waals surface area contributed by atoms with Crippen molar-refractivity contribution >= 4 is 23.2 Å². The molecule has 4 heteroatoms. The van der Waals surface area contributed by atoms with Gasteiger partial charge in [0.05, 0.1) is 5.69 Å². The Labute approximate surface area is 101 Å². The van der Waals surface area contributed by atoms with Gasteiger partial charge < -0.3 is 9.80 Å². The normalized spacial score (nSPS) is 16.6. The standard InChI is InChI=1S/C12H16ClN3/c1-15-8-3-9-16(2)12(15)14-11-6-4-10(13)5-7-11/h4-7H,3,8-9H2,1-2H3. The second-order valence-electron chi connectivity index (χ2n) is 4.08. The molecule has 1 aromatic carbocycles. The van der Waals surface area contributed by atoms with Gasteiger partial charge in [-0.1, -0.05) is 11.6 Å². The predicted octanol–water partition coefficient (Wildman–Crippen LogP) is 2.59. The molecule has 1 aromatic rings. The summed E-state index contributed by atoms with van der Waals surface area (Å²) in [5, 5.41) is 0.745. The van der Waals surface area contributed by atoms with Crippen molar-refractivity contribution in [2.24, 2.45) is 4.99 Å². The molecule has 0 aliphatic carbocycles. The fourth-order valence-corrected chi connectivity index (χ4v) is 1.96. The molecule has 0 N–H and O–H groups in total. The highest BCUT2D eigenvalue weighted by Crippen LogP contribution is 2.18. The van der Waals surface area contributed by atoms with Gasteiger partial charge in [-0.25, -0.2) is 4.99 Å². The van der Waals surface area contributed by atoms with Crippen LogP contribution in [0.2, 0.25) is 5.02 Å². The number of hydrogen-bond acceptors (Lipinski definition) is 1. The molecule has 0 saturated carbocycles. The minimum absolute atomic E-state index is 0.745. The Balaban J connectivity index is 2.24. The summed E-state index contributed by atoms with van der Waals surface area (Å²) in [4.78, 5) is 8.99. The number of rotatable bonds is 1. The van der Waals surface area contributed by atoms with Crippen LogP contribution in [0.5, 0.6) is 0 Å². The van der Waals surface area contributed by atoms with Crippen molar-refractivity contribution < 1.29 is 0 Å². The first kappa shape index (κ1) is 11.3. The van der Waals surface area contributed by atoms with Crippen molar-refractivity contribution in [3.05, 3.63) is 29.3 Å². The lowest BCUT2D eigenvalue weighted by atomic mass is 10.3. The molecule has 2 rings (SSSR count). The summed E-state index contributed by atoms with van der Waals surface area (Å²) in [6.07, 6.45) is 1.19. The van der Waals surface area contributed by atoms with Crippen LogP contribution in [-0.2, 0) is 0 Å². The molecule has 16 heavy (non-hydrogen) atoms. The number of guanidine groups is 1. The Hall–Kier alpha value is -1.22. The summed E-state index contributed by atoms with van der Waals surface area (Å²) in [6.45, 7) is 2.13. The Morgan fingerprint density at radius 1 is 1.06 bits per heavy atom. The van der Waals surface area contributed by atoms with E-state index in [1.165, 1.54) is 6.42 Å². The molecule has 0 atom stereocenters. The zero-order valence-corrected chi connectivity index (χ0v) is 10.4. The van der Waals surface area contributed by atoms with Gasteiger partial charge in [-0.3, -0.25) is 0 Å². The second-order valence-corrected chi connectivity index (χ2v) is 4.52. The highest BCUT2D eigenvalue weighted by atomic mass is 35.5. The fraction of sp³-hybridized carbons (Fsp3) is 0.417. The van der Waals surface area contributed by atoms with Crippen molar-refractivity contribution in [1.82, 2.24) is 9.80 Å². The highest BCUT2D eigenvalue weighted by Gasteiger charge is 2.16. The van der Waals surface area contributed by atoms with Crippen molar-refractivity contribution in [1.29, 1.82) is 0 Å². The Kier molecular flexibility index (Phi) is 3.34. The molecule has 86 valence electrons. The number of nitrogens with zero attached hydrogens (tertiary/aromatic N) is 3. The zero-order valence-electron chi connectivity index (χ0n) is 9.65. The lowest BCUT2D eigenvalue weighted by molar-refractivity contribution is 0.319. The van der Waals surface area contributed by atoms with Gasteiger partial charge in [0.1, 0.15) is 0 Å². The van der Waals surface area contributed by atoms with Crippen LogP contribution >= 0.6 is 11.6 Å². The van der Waals surface area contributed by atoms with Gasteiger partial charge in [-0.2, -0.15) is 0 Å². The monoisotopic (exact) mass is 237 g/mol. The summed E-state index contributed by atoms with van der Waals surface area (Å²) < 4.78 is 0. The molecular weight excluding hydrogens is 222 g/mol. The van der Waals surface area contributed by atoms with Gasteiger partial charge in [0.15, 0.2) is 0 Å². The smallest absolute Gasteiger partial charge is 0.201 e. The largest absolute Gasteiger partial charge is 0.346 e. The van der Waals surface area contributed by atoms with E-state index in [1.807, 2.05) is 24.3 Å². The molecule has 0 amide bonds. The van der Waals surface area contributed by atoms with Crippen molar-refractivity contribution in [2.75, 3.05) is 27.2 Å². The van der Waals surface area contributed by atoms with Crippen molar-refractivity contribution in [3.63, 3.8) is 0 Å². The first-order chi connectivity index (χ1) is 7.66. The molecule has 0 spiro atoms. The number of halogens is 1. The molecule has 1 fully saturated rings. The minimum atomic E-state index is 0.745. The maximum atomic E-state index is 5.84. The summed E-state index contributed by atoms with van der Waals surface area (Å²) >= 11 is 5.84. The van der Waals surface area contributed by atoms with Crippen LogP contribution in [0.3, 0.4) is 0 Å². The zero-order chi connectivity index (χ0) is 11.5. The van der Waals surface area contributed by atoms with Gasteiger partial charge in [-0.05, 0) is 30.7 Å². The van der Waals surface area contributed by atoms with E-state index in [0.717, 1.165) is 29.8 Å². The maximum absolute atomic E-state index is 5.84. The van der Waals surface area contributed by atoms with Crippen molar-refractivity contribution in [2.45, 2.75) is 6.42 Å². The van der Waals surface area contributed by atoms with Crippen LogP contribution in [0.25, 0.3) is 0 Å².